The Morgan fingerprint density at radius 1 is 1.03 bits per heavy atom. The molecule has 4 rings (SSSR count). The maximum atomic E-state index is 12.5. The first kappa shape index (κ1) is 23.5. The van der Waals surface area contributed by atoms with Crippen LogP contribution in [0.1, 0.15) is 11.1 Å². The van der Waals surface area contributed by atoms with Crippen molar-refractivity contribution in [1.82, 2.24) is 5.32 Å². The molecule has 0 saturated carbocycles. The molecule has 9 heteroatoms. The lowest BCUT2D eigenvalue weighted by atomic mass is 10.1. The number of nitrogens with one attached hydrogen (secondary N) is 1. The maximum Gasteiger partial charge on any atom is 0.264 e. The molecule has 1 heterocycles. The lowest BCUT2D eigenvalue weighted by molar-refractivity contribution is -0.115. The number of halogens is 3. The van der Waals surface area contributed by atoms with E-state index < -0.39 is 0 Å². The zero-order valence-corrected chi connectivity index (χ0v) is 20.4. The van der Waals surface area contributed by atoms with Gasteiger partial charge < -0.3 is 14.8 Å². The predicted octanol–water partition coefficient (Wildman–Crippen LogP) is 7.13. The minimum atomic E-state index is -0.244. The van der Waals surface area contributed by atoms with E-state index in [1.807, 2.05) is 18.2 Å². The van der Waals surface area contributed by atoms with Gasteiger partial charge in [0.2, 0.25) is 0 Å². The predicted molar refractivity (Wildman–Crippen MR) is 136 cm³/mol. The molecule has 0 atom stereocenters. The molecule has 0 radical (unpaired) electrons. The fraction of sp³-hybridized carbons (Fsp3) is 0.0833. The summed E-state index contributed by atoms with van der Waals surface area (Å²) >= 11 is 19.3. The van der Waals surface area contributed by atoms with Crippen LogP contribution in [-0.2, 0) is 11.4 Å². The number of benzene rings is 3. The third-order valence-electron chi connectivity index (χ3n) is 4.59. The summed E-state index contributed by atoms with van der Waals surface area (Å²) in [7, 11) is 1.56. The van der Waals surface area contributed by atoms with Gasteiger partial charge in [-0.1, -0.05) is 53.0 Å². The van der Waals surface area contributed by atoms with Crippen molar-refractivity contribution in [1.29, 1.82) is 0 Å². The van der Waals surface area contributed by atoms with E-state index >= 15 is 0 Å². The third kappa shape index (κ3) is 5.84. The van der Waals surface area contributed by atoms with Crippen LogP contribution in [-0.4, -0.2) is 18.2 Å². The Morgan fingerprint density at radius 3 is 2.55 bits per heavy atom. The molecule has 0 unspecified atom stereocenters. The minimum absolute atomic E-state index is 0.244. The lowest BCUT2D eigenvalue weighted by Gasteiger charge is -2.14. The lowest BCUT2D eigenvalue weighted by Crippen LogP contribution is -2.19. The van der Waals surface area contributed by atoms with Gasteiger partial charge in [-0.25, -0.2) is 4.99 Å². The molecule has 1 fully saturated rings. The summed E-state index contributed by atoms with van der Waals surface area (Å²) in [6.07, 6.45) is 1.75. The standard InChI is InChI=1S/C24H17Cl3N2O3S/c1-31-20-4-2-3-15(22(20)32-13-14-5-10-18(26)19(27)11-14)12-21-23(30)29-24(33-21)28-17-8-6-16(25)7-9-17/h2-12H,13H2,1H3,(H,28,29,30)/b21-12-. The highest BCUT2D eigenvalue weighted by Crippen LogP contribution is 2.36. The third-order valence-corrected chi connectivity index (χ3v) is 6.49. The van der Waals surface area contributed by atoms with Crippen LogP contribution in [0.4, 0.5) is 5.69 Å². The number of carbonyl (C=O) groups is 1. The van der Waals surface area contributed by atoms with Crippen molar-refractivity contribution >= 4 is 69.4 Å². The van der Waals surface area contributed by atoms with Crippen LogP contribution < -0.4 is 14.8 Å². The molecular weight excluding hydrogens is 503 g/mol. The normalized spacial score (nSPS) is 15.7. The molecule has 1 saturated heterocycles. The van der Waals surface area contributed by atoms with Gasteiger partial charge >= 0.3 is 0 Å². The molecule has 0 aliphatic carbocycles. The Morgan fingerprint density at radius 2 is 1.82 bits per heavy atom. The molecule has 3 aromatic rings. The summed E-state index contributed by atoms with van der Waals surface area (Å²) in [4.78, 5) is 17.5. The number of para-hydroxylation sites is 1. The number of amides is 1. The first-order chi connectivity index (χ1) is 15.9. The van der Waals surface area contributed by atoms with E-state index in [-0.39, 0.29) is 12.5 Å². The molecule has 1 N–H and O–H groups in total. The van der Waals surface area contributed by atoms with Crippen LogP contribution in [0.3, 0.4) is 0 Å². The Bertz CT molecular complexity index is 1260. The molecule has 0 bridgehead atoms. The second kappa shape index (κ2) is 10.5. The molecule has 33 heavy (non-hydrogen) atoms. The van der Waals surface area contributed by atoms with Gasteiger partial charge in [0.25, 0.3) is 5.91 Å². The zero-order chi connectivity index (χ0) is 23.4. The number of amidine groups is 1. The van der Waals surface area contributed by atoms with Crippen molar-refractivity contribution in [3.05, 3.63) is 91.8 Å². The number of nitrogens with zero attached hydrogens (tertiary/aromatic N) is 1. The Labute approximate surface area is 210 Å². The highest BCUT2D eigenvalue weighted by atomic mass is 35.5. The molecule has 0 spiro atoms. The summed E-state index contributed by atoms with van der Waals surface area (Å²) in [5, 5.41) is 4.81. The van der Waals surface area contributed by atoms with Gasteiger partial charge in [0.1, 0.15) is 6.61 Å². The largest absolute Gasteiger partial charge is 0.493 e. The number of rotatable bonds is 6. The highest BCUT2D eigenvalue weighted by Gasteiger charge is 2.25. The molecule has 3 aromatic carbocycles. The van der Waals surface area contributed by atoms with E-state index in [0.29, 0.717) is 47.9 Å². The van der Waals surface area contributed by atoms with Gasteiger partial charge in [-0.2, -0.15) is 0 Å². The van der Waals surface area contributed by atoms with Crippen molar-refractivity contribution < 1.29 is 14.3 Å². The summed E-state index contributed by atoms with van der Waals surface area (Å²) in [5.41, 5.74) is 2.23. The van der Waals surface area contributed by atoms with E-state index in [4.69, 9.17) is 44.3 Å². The van der Waals surface area contributed by atoms with E-state index in [9.17, 15) is 4.79 Å². The Balaban J connectivity index is 1.58. The van der Waals surface area contributed by atoms with Crippen molar-refractivity contribution in [2.75, 3.05) is 7.11 Å². The van der Waals surface area contributed by atoms with Gasteiger partial charge in [-0.3, -0.25) is 4.79 Å². The van der Waals surface area contributed by atoms with Crippen LogP contribution in [0.2, 0.25) is 15.1 Å². The summed E-state index contributed by atoms with van der Waals surface area (Å²) < 4.78 is 11.5. The molecule has 1 aliphatic heterocycles. The van der Waals surface area contributed by atoms with Crippen molar-refractivity contribution in [3.8, 4) is 11.5 Å². The number of ether oxygens (including phenoxy) is 2. The zero-order valence-electron chi connectivity index (χ0n) is 17.3. The number of hydrogen-bond donors (Lipinski definition) is 1. The molecule has 168 valence electrons. The monoisotopic (exact) mass is 518 g/mol. The Kier molecular flexibility index (Phi) is 7.50. The number of hydrogen-bond acceptors (Lipinski definition) is 5. The van der Waals surface area contributed by atoms with Crippen molar-refractivity contribution in [2.45, 2.75) is 6.61 Å². The second-order valence-electron chi connectivity index (χ2n) is 6.87. The van der Waals surface area contributed by atoms with Crippen LogP contribution in [0.5, 0.6) is 11.5 Å². The summed E-state index contributed by atoms with van der Waals surface area (Å²) in [5.74, 6) is 0.809. The fourth-order valence-electron chi connectivity index (χ4n) is 3.00. The van der Waals surface area contributed by atoms with Crippen LogP contribution in [0.15, 0.2) is 70.6 Å². The first-order valence-electron chi connectivity index (χ1n) is 9.72. The van der Waals surface area contributed by atoms with Crippen LogP contribution >= 0.6 is 46.6 Å². The highest BCUT2D eigenvalue weighted by molar-refractivity contribution is 8.18. The van der Waals surface area contributed by atoms with Gasteiger partial charge in [-0.05, 0) is 65.9 Å². The molecule has 0 aromatic heterocycles. The quantitative estimate of drug-likeness (QED) is 0.352. The van der Waals surface area contributed by atoms with E-state index in [1.54, 1.807) is 55.7 Å². The SMILES string of the molecule is COc1cccc(/C=C2\SC(=Nc3ccc(Cl)cc3)NC2=O)c1OCc1ccc(Cl)c(Cl)c1. The Hall–Kier alpha value is -2.64. The summed E-state index contributed by atoms with van der Waals surface area (Å²) in [6.45, 7) is 0.246. The number of methoxy groups -OCH3 is 1. The number of carbonyl (C=O) groups excluding carboxylic acids is 1. The second-order valence-corrected chi connectivity index (χ2v) is 9.16. The smallest absolute Gasteiger partial charge is 0.264 e. The topological polar surface area (TPSA) is 59.9 Å². The van der Waals surface area contributed by atoms with E-state index in [1.165, 1.54) is 11.8 Å². The van der Waals surface area contributed by atoms with Gasteiger partial charge in [0, 0.05) is 10.6 Å². The average Bonchev–Trinajstić information content (AvgIpc) is 3.15. The van der Waals surface area contributed by atoms with E-state index in [0.717, 1.165) is 5.56 Å². The molecule has 5 nitrogen and oxygen atoms in total. The molecular formula is C24H17Cl3N2O3S. The summed E-state index contributed by atoms with van der Waals surface area (Å²) in [6, 6.07) is 17.8. The van der Waals surface area contributed by atoms with Crippen molar-refractivity contribution in [2.24, 2.45) is 4.99 Å². The van der Waals surface area contributed by atoms with E-state index in [2.05, 4.69) is 10.3 Å². The van der Waals surface area contributed by atoms with Gasteiger partial charge in [0.15, 0.2) is 16.7 Å². The van der Waals surface area contributed by atoms with Crippen LogP contribution in [0, 0.1) is 0 Å². The maximum absolute atomic E-state index is 12.5. The first-order valence-corrected chi connectivity index (χ1v) is 11.7. The number of aliphatic imine (C=N–C) groups is 1. The fourth-order valence-corrected chi connectivity index (χ4v) is 4.28. The van der Waals surface area contributed by atoms with Crippen molar-refractivity contribution in [3.63, 3.8) is 0 Å². The van der Waals surface area contributed by atoms with Gasteiger partial charge in [0.05, 0.1) is 27.7 Å². The number of thioether (sulfide) groups is 1. The minimum Gasteiger partial charge on any atom is -0.493 e. The average molecular weight is 520 g/mol. The molecule has 1 amide bonds. The van der Waals surface area contributed by atoms with Gasteiger partial charge in [-0.15, -0.1) is 0 Å². The molecule has 1 aliphatic rings. The van der Waals surface area contributed by atoms with Crippen LogP contribution in [0.25, 0.3) is 6.08 Å².